The molecule has 6 heteroatoms. The lowest BCUT2D eigenvalue weighted by atomic mass is 10.00. The average Bonchev–Trinajstić information content (AvgIpc) is 3.57. The molecule has 1 aliphatic carbocycles. The van der Waals surface area contributed by atoms with Gasteiger partial charge in [-0.25, -0.2) is 0 Å². The Balaban J connectivity index is 1.36. The van der Waals surface area contributed by atoms with Gasteiger partial charge in [-0.2, -0.15) is 0 Å². The Labute approximate surface area is 171 Å². The molecule has 2 unspecified atom stereocenters. The molecule has 2 aliphatic rings. The van der Waals surface area contributed by atoms with Crippen LogP contribution in [0.2, 0.25) is 0 Å². The lowest BCUT2D eigenvalue weighted by Gasteiger charge is -2.25. The van der Waals surface area contributed by atoms with E-state index >= 15 is 0 Å². The van der Waals surface area contributed by atoms with Gasteiger partial charge in [0.25, 0.3) is 0 Å². The molecule has 6 nitrogen and oxygen atoms in total. The normalized spacial score (nSPS) is 17.3. The Kier molecular flexibility index (Phi) is 5.90. The summed E-state index contributed by atoms with van der Waals surface area (Å²) in [5.41, 5.74) is 1.97. The van der Waals surface area contributed by atoms with Crippen LogP contribution in [0.3, 0.4) is 0 Å². The van der Waals surface area contributed by atoms with Crippen molar-refractivity contribution in [3.05, 3.63) is 48.0 Å². The highest BCUT2D eigenvalue weighted by Crippen LogP contribution is 2.43. The van der Waals surface area contributed by atoms with Crippen LogP contribution < -0.4 is 24.8 Å². The first-order valence-electron chi connectivity index (χ1n) is 10.2. The molecule has 1 amide bonds. The van der Waals surface area contributed by atoms with Crippen molar-refractivity contribution in [1.29, 1.82) is 0 Å². The Morgan fingerprint density at radius 1 is 1.10 bits per heavy atom. The van der Waals surface area contributed by atoms with Crippen LogP contribution in [0.25, 0.3) is 0 Å². The van der Waals surface area contributed by atoms with E-state index in [1.807, 2.05) is 30.3 Å². The third-order valence-electron chi connectivity index (χ3n) is 5.35. The van der Waals surface area contributed by atoms with E-state index < -0.39 is 0 Å². The SMILES string of the molecule is COc1ccc(NC(=O)CC(C)NC(c2ccc3c(c2)OCCO3)C2CC2)cc1. The second-order valence-corrected chi connectivity index (χ2v) is 7.77. The van der Waals surface area contributed by atoms with Crippen LogP contribution in [-0.4, -0.2) is 32.3 Å². The maximum Gasteiger partial charge on any atom is 0.225 e. The van der Waals surface area contributed by atoms with Gasteiger partial charge in [0.2, 0.25) is 5.91 Å². The minimum atomic E-state index is -0.00751. The number of hydrogen-bond donors (Lipinski definition) is 2. The summed E-state index contributed by atoms with van der Waals surface area (Å²) in [5.74, 6) is 2.98. The minimum Gasteiger partial charge on any atom is -0.497 e. The third kappa shape index (κ3) is 5.01. The van der Waals surface area contributed by atoms with Crippen LogP contribution >= 0.6 is 0 Å². The van der Waals surface area contributed by atoms with Gasteiger partial charge >= 0.3 is 0 Å². The van der Waals surface area contributed by atoms with Crippen LogP contribution in [0, 0.1) is 5.92 Å². The molecule has 2 N–H and O–H groups in total. The van der Waals surface area contributed by atoms with Crippen LogP contribution in [-0.2, 0) is 4.79 Å². The van der Waals surface area contributed by atoms with Gasteiger partial charge in [0.15, 0.2) is 11.5 Å². The standard InChI is InChI=1S/C23H28N2O4/c1-15(13-22(26)25-18-6-8-19(27-2)9-7-18)24-23(16-3-4-16)17-5-10-20-21(14-17)29-12-11-28-20/h5-10,14-16,23-24H,3-4,11-13H2,1-2H3,(H,25,26). The number of nitrogens with one attached hydrogen (secondary N) is 2. The summed E-state index contributed by atoms with van der Waals surface area (Å²) in [6, 6.07) is 13.8. The fourth-order valence-corrected chi connectivity index (χ4v) is 3.72. The highest BCUT2D eigenvalue weighted by atomic mass is 16.6. The molecule has 1 aliphatic heterocycles. The molecule has 1 heterocycles. The largest absolute Gasteiger partial charge is 0.497 e. The summed E-state index contributed by atoms with van der Waals surface area (Å²) in [7, 11) is 1.62. The number of anilines is 1. The molecular weight excluding hydrogens is 368 g/mol. The maximum atomic E-state index is 12.5. The van der Waals surface area contributed by atoms with Crippen molar-refractivity contribution in [1.82, 2.24) is 5.32 Å². The second-order valence-electron chi connectivity index (χ2n) is 7.77. The number of carbonyl (C=O) groups is 1. The molecule has 29 heavy (non-hydrogen) atoms. The minimum absolute atomic E-state index is 0.00751. The van der Waals surface area contributed by atoms with Crippen molar-refractivity contribution < 1.29 is 19.0 Å². The molecule has 154 valence electrons. The van der Waals surface area contributed by atoms with Gasteiger partial charge in [0, 0.05) is 24.2 Å². The summed E-state index contributed by atoms with van der Waals surface area (Å²) >= 11 is 0. The van der Waals surface area contributed by atoms with Crippen molar-refractivity contribution in [2.45, 2.75) is 38.3 Å². The van der Waals surface area contributed by atoms with Crippen molar-refractivity contribution >= 4 is 11.6 Å². The zero-order valence-electron chi connectivity index (χ0n) is 16.9. The first-order chi connectivity index (χ1) is 14.1. The smallest absolute Gasteiger partial charge is 0.225 e. The highest BCUT2D eigenvalue weighted by molar-refractivity contribution is 5.91. The van der Waals surface area contributed by atoms with Crippen molar-refractivity contribution in [3.8, 4) is 17.2 Å². The molecule has 1 saturated carbocycles. The van der Waals surface area contributed by atoms with E-state index in [-0.39, 0.29) is 18.0 Å². The number of amides is 1. The van der Waals surface area contributed by atoms with Gasteiger partial charge < -0.3 is 24.8 Å². The Morgan fingerprint density at radius 3 is 2.52 bits per heavy atom. The number of methoxy groups -OCH3 is 1. The Morgan fingerprint density at radius 2 is 1.83 bits per heavy atom. The lowest BCUT2D eigenvalue weighted by Crippen LogP contribution is -2.35. The Hall–Kier alpha value is -2.73. The van der Waals surface area contributed by atoms with Crippen LogP contribution in [0.4, 0.5) is 5.69 Å². The average molecular weight is 396 g/mol. The van der Waals surface area contributed by atoms with Gasteiger partial charge in [-0.3, -0.25) is 4.79 Å². The predicted octanol–water partition coefficient (Wildman–Crippen LogP) is 3.92. The molecule has 2 aromatic rings. The van der Waals surface area contributed by atoms with Crippen molar-refractivity contribution in [2.75, 3.05) is 25.6 Å². The quantitative estimate of drug-likeness (QED) is 0.708. The van der Waals surface area contributed by atoms with E-state index in [9.17, 15) is 4.79 Å². The number of benzene rings is 2. The Bertz CT molecular complexity index is 848. The van der Waals surface area contributed by atoms with Gasteiger partial charge in [0.1, 0.15) is 19.0 Å². The molecular formula is C23H28N2O4. The molecule has 0 spiro atoms. The number of rotatable bonds is 8. The molecule has 0 aromatic heterocycles. The summed E-state index contributed by atoms with van der Waals surface area (Å²) in [5, 5.41) is 6.61. The topological polar surface area (TPSA) is 68.8 Å². The van der Waals surface area contributed by atoms with Crippen LogP contribution in [0.15, 0.2) is 42.5 Å². The van der Waals surface area contributed by atoms with Gasteiger partial charge in [0.05, 0.1) is 7.11 Å². The monoisotopic (exact) mass is 396 g/mol. The van der Waals surface area contributed by atoms with Crippen molar-refractivity contribution in [2.24, 2.45) is 5.92 Å². The van der Waals surface area contributed by atoms with Crippen molar-refractivity contribution in [3.63, 3.8) is 0 Å². The molecule has 0 bridgehead atoms. The van der Waals surface area contributed by atoms with E-state index in [1.165, 1.54) is 18.4 Å². The summed E-state index contributed by atoms with van der Waals surface area (Å²) in [6.45, 7) is 3.23. The molecule has 1 fully saturated rings. The summed E-state index contributed by atoms with van der Waals surface area (Å²) < 4.78 is 16.5. The first-order valence-corrected chi connectivity index (χ1v) is 10.2. The van der Waals surface area contributed by atoms with E-state index in [2.05, 4.69) is 29.7 Å². The molecule has 0 radical (unpaired) electrons. The number of ether oxygens (including phenoxy) is 3. The lowest BCUT2D eigenvalue weighted by molar-refractivity contribution is -0.116. The van der Waals surface area contributed by atoms with Crippen LogP contribution in [0.5, 0.6) is 17.2 Å². The molecule has 0 saturated heterocycles. The fraction of sp³-hybridized carbons (Fsp3) is 0.435. The van der Waals surface area contributed by atoms with E-state index in [1.54, 1.807) is 7.11 Å². The van der Waals surface area contributed by atoms with Gasteiger partial charge in [-0.1, -0.05) is 6.07 Å². The fourth-order valence-electron chi connectivity index (χ4n) is 3.72. The van der Waals surface area contributed by atoms with E-state index in [0.717, 1.165) is 22.9 Å². The highest BCUT2D eigenvalue weighted by Gasteiger charge is 2.34. The van der Waals surface area contributed by atoms with E-state index in [0.29, 0.717) is 25.6 Å². The van der Waals surface area contributed by atoms with Gasteiger partial charge in [-0.15, -0.1) is 0 Å². The number of carbonyl (C=O) groups excluding carboxylic acids is 1. The predicted molar refractivity (Wildman–Crippen MR) is 112 cm³/mol. The second kappa shape index (κ2) is 8.74. The summed E-state index contributed by atoms with van der Waals surface area (Å²) in [6.07, 6.45) is 2.81. The first kappa shape index (κ1) is 19.6. The zero-order valence-corrected chi connectivity index (χ0v) is 16.9. The zero-order chi connectivity index (χ0) is 20.2. The third-order valence-corrected chi connectivity index (χ3v) is 5.35. The van der Waals surface area contributed by atoms with Gasteiger partial charge in [-0.05, 0) is 67.6 Å². The number of hydrogen-bond acceptors (Lipinski definition) is 5. The number of fused-ring (bicyclic) bond motifs is 1. The van der Waals surface area contributed by atoms with Crippen LogP contribution in [0.1, 0.15) is 37.8 Å². The molecule has 4 rings (SSSR count). The summed E-state index contributed by atoms with van der Waals surface area (Å²) in [4.78, 5) is 12.5. The van der Waals surface area contributed by atoms with E-state index in [4.69, 9.17) is 14.2 Å². The molecule has 2 aromatic carbocycles. The molecule has 2 atom stereocenters. The maximum absolute atomic E-state index is 12.5.